The molecule has 1 saturated heterocycles. The number of carbonyl (C=O) groups excluding carboxylic acids is 1. The predicted molar refractivity (Wildman–Crippen MR) is 103 cm³/mol. The number of imidazole rings is 1. The lowest BCUT2D eigenvalue weighted by Crippen LogP contribution is -2.50. The van der Waals surface area contributed by atoms with Crippen molar-refractivity contribution < 1.29 is 4.79 Å². The Balaban J connectivity index is 1.33. The quantitative estimate of drug-likeness (QED) is 0.707. The Bertz CT molecular complexity index is 884. The van der Waals surface area contributed by atoms with Gasteiger partial charge in [-0.1, -0.05) is 12.1 Å². The highest BCUT2D eigenvalue weighted by molar-refractivity contribution is 9.11. The van der Waals surface area contributed by atoms with Crippen LogP contribution in [0.2, 0.25) is 0 Å². The number of thiophene rings is 1. The summed E-state index contributed by atoms with van der Waals surface area (Å²) in [6, 6.07) is 11.9. The first-order valence-corrected chi connectivity index (χ1v) is 9.74. The SMILES string of the molecule is O=C(Nn1cnc2ccccc21)N1CCN(Cc2ccc(Br)s2)CC1. The lowest BCUT2D eigenvalue weighted by Gasteiger charge is -2.34. The summed E-state index contributed by atoms with van der Waals surface area (Å²) in [4.78, 5) is 22.4. The van der Waals surface area contributed by atoms with Crippen molar-refractivity contribution >= 4 is 44.3 Å². The molecule has 1 N–H and O–H groups in total. The van der Waals surface area contributed by atoms with E-state index in [2.05, 4.69) is 43.4 Å². The maximum absolute atomic E-state index is 12.5. The summed E-state index contributed by atoms with van der Waals surface area (Å²) in [6.45, 7) is 4.16. The fraction of sp³-hybridized carbons (Fsp3) is 0.294. The third-order valence-electron chi connectivity index (χ3n) is 4.34. The minimum atomic E-state index is -0.0818. The topological polar surface area (TPSA) is 53.4 Å². The van der Waals surface area contributed by atoms with E-state index in [1.165, 1.54) is 4.88 Å². The molecule has 0 radical (unpaired) electrons. The van der Waals surface area contributed by atoms with Gasteiger partial charge in [-0.2, -0.15) is 0 Å². The van der Waals surface area contributed by atoms with E-state index in [4.69, 9.17) is 0 Å². The lowest BCUT2D eigenvalue weighted by atomic mass is 10.3. The van der Waals surface area contributed by atoms with E-state index in [0.717, 1.165) is 47.5 Å². The van der Waals surface area contributed by atoms with Crippen molar-refractivity contribution in [3.63, 3.8) is 0 Å². The van der Waals surface area contributed by atoms with Gasteiger partial charge in [-0.3, -0.25) is 4.90 Å². The van der Waals surface area contributed by atoms with Gasteiger partial charge in [0.25, 0.3) is 0 Å². The molecule has 25 heavy (non-hydrogen) atoms. The molecular weight excluding hydrogens is 402 g/mol. The molecule has 2 amide bonds. The molecule has 1 aliphatic heterocycles. The highest BCUT2D eigenvalue weighted by atomic mass is 79.9. The molecule has 0 spiro atoms. The Kier molecular flexibility index (Phi) is 4.74. The van der Waals surface area contributed by atoms with E-state index >= 15 is 0 Å². The van der Waals surface area contributed by atoms with Crippen LogP contribution < -0.4 is 5.43 Å². The molecule has 130 valence electrons. The Labute approximate surface area is 158 Å². The zero-order chi connectivity index (χ0) is 17.2. The van der Waals surface area contributed by atoms with Gasteiger partial charge in [-0.25, -0.2) is 19.9 Å². The van der Waals surface area contributed by atoms with Crippen LogP contribution in [-0.4, -0.2) is 51.7 Å². The number of hydrogen-bond donors (Lipinski definition) is 1. The second-order valence-corrected chi connectivity index (χ2v) is 8.54. The van der Waals surface area contributed by atoms with Crippen LogP contribution in [0.1, 0.15) is 4.88 Å². The van der Waals surface area contributed by atoms with Gasteiger partial charge < -0.3 is 4.90 Å². The third kappa shape index (κ3) is 3.70. The molecule has 8 heteroatoms. The normalized spacial score (nSPS) is 15.6. The second kappa shape index (κ2) is 7.15. The summed E-state index contributed by atoms with van der Waals surface area (Å²) in [7, 11) is 0. The van der Waals surface area contributed by atoms with Gasteiger partial charge in [0, 0.05) is 37.6 Å². The minimum Gasteiger partial charge on any atom is -0.321 e. The van der Waals surface area contributed by atoms with Gasteiger partial charge in [-0.15, -0.1) is 11.3 Å². The van der Waals surface area contributed by atoms with Crippen LogP contribution in [0, 0.1) is 0 Å². The van der Waals surface area contributed by atoms with E-state index < -0.39 is 0 Å². The van der Waals surface area contributed by atoms with Crippen LogP contribution in [0.15, 0.2) is 46.5 Å². The molecule has 2 aromatic heterocycles. The standard InChI is InChI=1S/C17H18BrN5OS/c18-16-6-5-13(25-16)11-21-7-9-22(10-8-21)17(24)20-23-12-19-14-3-1-2-4-15(14)23/h1-6,12H,7-11H2,(H,20,24). The molecule has 1 aromatic carbocycles. The lowest BCUT2D eigenvalue weighted by molar-refractivity contribution is 0.142. The molecule has 0 saturated carbocycles. The van der Waals surface area contributed by atoms with Gasteiger partial charge in [0.05, 0.1) is 14.8 Å². The van der Waals surface area contributed by atoms with Crippen molar-refractivity contribution in [2.45, 2.75) is 6.54 Å². The molecule has 0 unspecified atom stereocenters. The number of fused-ring (bicyclic) bond motifs is 1. The van der Waals surface area contributed by atoms with Crippen molar-refractivity contribution in [2.24, 2.45) is 0 Å². The van der Waals surface area contributed by atoms with E-state index in [1.54, 1.807) is 22.3 Å². The first-order chi connectivity index (χ1) is 12.2. The van der Waals surface area contributed by atoms with Gasteiger partial charge in [0.2, 0.25) is 0 Å². The van der Waals surface area contributed by atoms with Crippen molar-refractivity contribution in [1.82, 2.24) is 19.5 Å². The number of carbonyl (C=O) groups is 1. The molecule has 1 fully saturated rings. The number of halogens is 1. The molecule has 0 bridgehead atoms. The second-order valence-electron chi connectivity index (χ2n) is 5.99. The molecule has 4 rings (SSSR count). The first kappa shape index (κ1) is 16.6. The molecular formula is C17H18BrN5OS. The van der Waals surface area contributed by atoms with E-state index in [1.807, 2.05) is 29.2 Å². The number of urea groups is 1. The molecule has 3 heterocycles. The fourth-order valence-corrected chi connectivity index (χ4v) is 4.51. The van der Waals surface area contributed by atoms with Gasteiger partial charge in [-0.05, 0) is 40.2 Å². The number of hydrogen-bond acceptors (Lipinski definition) is 4. The first-order valence-electron chi connectivity index (χ1n) is 8.13. The number of piperazine rings is 1. The number of nitrogens with one attached hydrogen (secondary N) is 1. The van der Waals surface area contributed by atoms with Crippen LogP contribution in [0.25, 0.3) is 11.0 Å². The molecule has 0 atom stereocenters. The highest BCUT2D eigenvalue weighted by Gasteiger charge is 2.22. The van der Waals surface area contributed by atoms with Crippen LogP contribution in [0.3, 0.4) is 0 Å². The minimum absolute atomic E-state index is 0.0818. The van der Waals surface area contributed by atoms with E-state index in [0.29, 0.717) is 0 Å². The third-order valence-corrected chi connectivity index (χ3v) is 5.95. The van der Waals surface area contributed by atoms with Gasteiger partial charge in [0.1, 0.15) is 6.33 Å². The maximum atomic E-state index is 12.5. The number of benzene rings is 1. The maximum Gasteiger partial charge on any atom is 0.336 e. The highest BCUT2D eigenvalue weighted by Crippen LogP contribution is 2.23. The van der Waals surface area contributed by atoms with Crippen LogP contribution in [0.4, 0.5) is 4.79 Å². The average molecular weight is 420 g/mol. The zero-order valence-electron chi connectivity index (χ0n) is 13.6. The Morgan fingerprint density at radius 1 is 1.16 bits per heavy atom. The van der Waals surface area contributed by atoms with Crippen LogP contribution in [0.5, 0.6) is 0 Å². The summed E-state index contributed by atoms with van der Waals surface area (Å²) >= 11 is 5.27. The Morgan fingerprint density at radius 2 is 1.96 bits per heavy atom. The number of aromatic nitrogens is 2. The van der Waals surface area contributed by atoms with Crippen molar-refractivity contribution in [3.05, 3.63) is 51.4 Å². The monoisotopic (exact) mass is 419 g/mol. The smallest absolute Gasteiger partial charge is 0.321 e. The van der Waals surface area contributed by atoms with E-state index in [-0.39, 0.29) is 6.03 Å². The number of amides is 2. The summed E-state index contributed by atoms with van der Waals surface area (Å²) in [6.07, 6.45) is 1.65. The summed E-state index contributed by atoms with van der Waals surface area (Å²) in [5.41, 5.74) is 4.69. The van der Waals surface area contributed by atoms with Gasteiger partial charge >= 0.3 is 6.03 Å². The molecule has 6 nitrogen and oxygen atoms in total. The Hall–Kier alpha value is -1.90. The molecule has 3 aromatic rings. The van der Waals surface area contributed by atoms with Gasteiger partial charge in [0.15, 0.2) is 0 Å². The number of para-hydroxylation sites is 2. The van der Waals surface area contributed by atoms with E-state index in [9.17, 15) is 4.79 Å². The van der Waals surface area contributed by atoms with Crippen LogP contribution >= 0.6 is 27.3 Å². The Morgan fingerprint density at radius 3 is 2.72 bits per heavy atom. The molecule has 1 aliphatic rings. The van der Waals surface area contributed by atoms with Crippen molar-refractivity contribution in [1.29, 1.82) is 0 Å². The summed E-state index contributed by atoms with van der Waals surface area (Å²) < 4.78 is 2.85. The van der Waals surface area contributed by atoms with Crippen molar-refractivity contribution in [2.75, 3.05) is 31.6 Å². The number of nitrogens with zero attached hydrogens (tertiary/aromatic N) is 4. The number of rotatable bonds is 3. The zero-order valence-corrected chi connectivity index (χ0v) is 16.0. The summed E-state index contributed by atoms with van der Waals surface area (Å²) in [5, 5.41) is 0. The predicted octanol–water partition coefficient (Wildman–Crippen LogP) is 3.34. The largest absolute Gasteiger partial charge is 0.336 e. The summed E-state index contributed by atoms with van der Waals surface area (Å²) in [5.74, 6) is 0. The molecule has 0 aliphatic carbocycles. The average Bonchev–Trinajstić information content (AvgIpc) is 3.22. The fourth-order valence-electron chi connectivity index (χ4n) is 2.99. The van der Waals surface area contributed by atoms with Crippen LogP contribution in [-0.2, 0) is 6.54 Å². The van der Waals surface area contributed by atoms with Crippen molar-refractivity contribution in [3.8, 4) is 0 Å².